The van der Waals surface area contributed by atoms with E-state index in [9.17, 15) is 9.90 Å². The van der Waals surface area contributed by atoms with Gasteiger partial charge in [-0.05, 0) is 55.6 Å². The quantitative estimate of drug-likeness (QED) is 0.892. The first-order valence-corrected chi connectivity index (χ1v) is 7.95. The number of rotatable bonds is 5. The van der Waals surface area contributed by atoms with Gasteiger partial charge in [-0.15, -0.1) is 0 Å². The SMILES string of the molecule is CCc1nn(CC)c(CN2CCCC2(C)C(=O)O)c1Br. The summed E-state index contributed by atoms with van der Waals surface area (Å²) in [5.74, 6) is -0.732. The summed E-state index contributed by atoms with van der Waals surface area (Å²) in [6, 6.07) is 0. The zero-order valence-corrected chi connectivity index (χ0v) is 13.9. The van der Waals surface area contributed by atoms with Gasteiger partial charge in [-0.2, -0.15) is 5.10 Å². The zero-order valence-electron chi connectivity index (χ0n) is 12.3. The number of aromatic nitrogens is 2. The van der Waals surface area contributed by atoms with Crippen LogP contribution in [0.2, 0.25) is 0 Å². The van der Waals surface area contributed by atoms with Gasteiger partial charge in [-0.3, -0.25) is 14.4 Å². The summed E-state index contributed by atoms with van der Waals surface area (Å²) in [6.45, 7) is 8.21. The highest BCUT2D eigenvalue weighted by Crippen LogP contribution is 2.33. The third-order valence-electron chi connectivity index (χ3n) is 4.29. The number of carbonyl (C=O) groups is 1. The lowest BCUT2D eigenvalue weighted by molar-refractivity contribution is -0.149. The third-order valence-corrected chi connectivity index (χ3v) is 5.20. The molecule has 0 amide bonds. The van der Waals surface area contributed by atoms with E-state index in [2.05, 4.69) is 39.8 Å². The normalized spacial score (nSPS) is 23.4. The molecule has 5 nitrogen and oxygen atoms in total. The molecular formula is C14H22BrN3O2. The van der Waals surface area contributed by atoms with Crippen LogP contribution in [0.1, 0.15) is 45.0 Å². The molecule has 112 valence electrons. The summed E-state index contributed by atoms with van der Waals surface area (Å²) in [7, 11) is 0. The van der Waals surface area contributed by atoms with Crippen molar-refractivity contribution in [1.29, 1.82) is 0 Å². The van der Waals surface area contributed by atoms with Gasteiger partial charge in [0.1, 0.15) is 5.54 Å². The molecule has 1 aromatic heterocycles. The molecule has 1 aliphatic heterocycles. The Morgan fingerprint density at radius 3 is 2.75 bits per heavy atom. The summed E-state index contributed by atoms with van der Waals surface area (Å²) < 4.78 is 3.00. The molecule has 0 aliphatic carbocycles. The summed E-state index contributed by atoms with van der Waals surface area (Å²) in [6.07, 6.45) is 2.51. The molecule has 2 heterocycles. The highest BCUT2D eigenvalue weighted by Gasteiger charge is 2.43. The Morgan fingerprint density at radius 1 is 1.50 bits per heavy atom. The van der Waals surface area contributed by atoms with Crippen molar-refractivity contribution in [2.75, 3.05) is 6.54 Å². The van der Waals surface area contributed by atoms with Crippen molar-refractivity contribution in [1.82, 2.24) is 14.7 Å². The molecule has 1 atom stereocenters. The van der Waals surface area contributed by atoms with Crippen molar-refractivity contribution in [2.45, 2.75) is 58.7 Å². The lowest BCUT2D eigenvalue weighted by Crippen LogP contribution is -2.47. The Kier molecular flexibility index (Phi) is 4.54. The minimum absolute atomic E-state index is 0.629. The predicted octanol–water partition coefficient (Wildman–Crippen LogP) is 2.67. The molecule has 0 aromatic carbocycles. The van der Waals surface area contributed by atoms with Gasteiger partial charge in [0.2, 0.25) is 0 Å². The van der Waals surface area contributed by atoms with Crippen LogP contribution in [0.25, 0.3) is 0 Å². The van der Waals surface area contributed by atoms with Crippen molar-refractivity contribution in [2.24, 2.45) is 0 Å². The number of halogens is 1. The molecule has 6 heteroatoms. The maximum atomic E-state index is 11.5. The number of carboxylic acids is 1. The lowest BCUT2D eigenvalue weighted by Gasteiger charge is -2.31. The Balaban J connectivity index is 2.30. The molecule has 1 saturated heterocycles. The first-order chi connectivity index (χ1) is 9.43. The smallest absolute Gasteiger partial charge is 0.323 e. The van der Waals surface area contributed by atoms with E-state index >= 15 is 0 Å². The average Bonchev–Trinajstić information content (AvgIpc) is 2.94. The molecule has 1 aromatic rings. The molecule has 1 N–H and O–H groups in total. The molecule has 1 unspecified atom stereocenters. The lowest BCUT2D eigenvalue weighted by atomic mass is 9.99. The number of aliphatic carboxylic acids is 1. The number of nitrogens with zero attached hydrogens (tertiary/aromatic N) is 3. The largest absolute Gasteiger partial charge is 0.480 e. The monoisotopic (exact) mass is 343 g/mol. The van der Waals surface area contributed by atoms with E-state index in [1.54, 1.807) is 0 Å². The molecule has 20 heavy (non-hydrogen) atoms. The molecule has 1 fully saturated rings. The Bertz CT molecular complexity index is 515. The number of carboxylic acid groups (broad SMARTS) is 1. The standard InChI is InChI=1S/C14H22BrN3O2/c1-4-10-12(15)11(18(5-2)16-10)9-17-8-6-7-14(17,3)13(19)20/h4-9H2,1-3H3,(H,19,20). The second-order valence-corrected chi connectivity index (χ2v) is 6.27. The van der Waals surface area contributed by atoms with Gasteiger partial charge in [0, 0.05) is 13.1 Å². The molecule has 0 radical (unpaired) electrons. The van der Waals surface area contributed by atoms with Crippen molar-refractivity contribution in [3.05, 3.63) is 15.9 Å². The Morgan fingerprint density at radius 2 is 2.20 bits per heavy atom. The van der Waals surface area contributed by atoms with Crippen LogP contribution in [0.15, 0.2) is 4.47 Å². The van der Waals surface area contributed by atoms with E-state index in [0.29, 0.717) is 13.0 Å². The van der Waals surface area contributed by atoms with Crippen LogP contribution in [0.3, 0.4) is 0 Å². The van der Waals surface area contributed by atoms with Crippen LogP contribution in [0, 0.1) is 0 Å². The van der Waals surface area contributed by atoms with Crippen LogP contribution in [0.4, 0.5) is 0 Å². The van der Waals surface area contributed by atoms with E-state index in [4.69, 9.17) is 0 Å². The van der Waals surface area contributed by atoms with Gasteiger partial charge in [-0.25, -0.2) is 0 Å². The molecular weight excluding hydrogens is 322 g/mol. The molecule has 0 bridgehead atoms. The van der Waals surface area contributed by atoms with Crippen molar-refractivity contribution in [3.8, 4) is 0 Å². The van der Waals surface area contributed by atoms with Crippen molar-refractivity contribution in [3.63, 3.8) is 0 Å². The van der Waals surface area contributed by atoms with Gasteiger partial charge in [0.05, 0.1) is 15.9 Å². The molecule has 0 spiro atoms. The number of hydrogen-bond acceptors (Lipinski definition) is 3. The van der Waals surface area contributed by atoms with Gasteiger partial charge in [0.25, 0.3) is 0 Å². The van der Waals surface area contributed by atoms with E-state index in [1.807, 2.05) is 11.6 Å². The van der Waals surface area contributed by atoms with Gasteiger partial charge in [0.15, 0.2) is 0 Å². The third kappa shape index (κ3) is 2.51. The second kappa shape index (κ2) is 5.85. The van der Waals surface area contributed by atoms with Crippen molar-refractivity contribution < 1.29 is 9.90 Å². The zero-order chi connectivity index (χ0) is 14.9. The maximum Gasteiger partial charge on any atom is 0.323 e. The Labute approximate surface area is 128 Å². The number of aryl methyl sites for hydroxylation is 2. The van der Waals surface area contributed by atoms with Crippen LogP contribution in [-0.2, 0) is 24.3 Å². The van der Waals surface area contributed by atoms with E-state index in [0.717, 1.165) is 41.8 Å². The fourth-order valence-corrected chi connectivity index (χ4v) is 3.55. The fraction of sp³-hybridized carbons (Fsp3) is 0.714. The predicted molar refractivity (Wildman–Crippen MR) is 80.7 cm³/mol. The average molecular weight is 344 g/mol. The minimum Gasteiger partial charge on any atom is -0.480 e. The Hall–Kier alpha value is -0.880. The van der Waals surface area contributed by atoms with Gasteiger partial charge < -0.3 is 5.11 Å². The highest BCUT2D eigenvalue weighted by atomic mass is 79.9. The first-order valence-electron chi connectivity index (χ1n) is 7.16. The summed E-state index contributed by atoms with van der Waals surface area (Å²) in [5.41, 5.74) is 1.37. The van der Waals surface area contributed by atoms with E-state index in [1.165, 1.54) is 0 Å². The molecule has 0 saturated carbocycles. The minimum atomic E-state index is -0.755. The van der Waals surface area contributed by atoms with Gasteiger partial charge >= 0.3 is 5.97 Å². The van der Waals surface area contributed by atoms with Crippen molar-refractivity contribution >= 4 is 21.9 Å². The topological polar surface area (TPSA) is 58.4 Å². The molecule has 2 rings (SSSR count). The summed E-state index contributed by atoms with van der Waals surface area (Å²) in [5, 5.41) is 14.1. The molecule has 1 aliphatic rings. The van der Waals surface area contributed by atoms with Crippen LogP contribution < -0.4 is 0 Å². The van der Waals surface area contributed by atoms with Gasteiger partial charge in [-0.1, -0.05) is 6.92 Å². The van der Waals surface area contributed by atoms with Crippen LogP contribution >= 0.6 is 15.9 Å². The fourth-order valence-electron chi connectivity index (χ4n) is 2.86. The highest BCUT2D eigenvalue weighted by molar-refractivity contribution is 9.10. The maximum absolute atomic E-state index is 11.5. The number of hydrogen-bond donors (Lipinski definition) is 1. The second-order valence-electron chi connectivity index (χ2n) is 5.48. The van der Waals surface area contributed by atoms with E-state index in [-0.39, 0.29) is 0 Å². The van der Waals surface area contributed by atoms with E-state index < -0.39 is 11.5 Å². The van der Waals surface area contributed by atoms with Crippen LogP contribution in [-0.4, -0.2) is 37.8 Å². The van der Waals surface area contributed by atoms with Crippen LogP contribution in [0.5, 0.6) is 0 Å². The number of likely N-dealkylation sites (tertiary alicyclic amines) is 1. The summed E-state index contributed by atoms with van der Waals surface area (Å²) >= 11 is 3.63. The first kappa shape index (κ1) is 15.5. The summed E-state index contributed by atoms with van der Waals surface area (Å²) in [4.78, 5) is 13.6.